The van der Waals surface area contributed by atoms with Crippen LogP contribution in [0.3, 0.4) is 0 Å². The Labute approximate surface area is 177 Å². The van der Waals surface area contributed by atoms with Crippen molar-refractivity contribution < 1.29 is 19.1 Å². The largest absolute Gasteiger partial charge is 0.490 e. The molecule has 0 radical (unpaired) electrons. The van der Waals surface area contributed by atoms with Gasteiger partial charge >= 0.3 is 0 Å². The van der Waals surface area contributed by atoms with Crippen molar-refractivity contribution in [2.75, 3.05) is 52.6 Å². The Morgan fingerprint density at radius 3 is 2.82 bits per heavy atom. The van der Waals surface area contributed by atoms with Crippen LogP contribution in [0.4, 0.5) is 0 Å². The van der Waals surface area contributed by atoms with Gasteiger partial charge in [-0.2, -0.15) is 5.10 Å². The molecule has 156 valence electrons. The lowest BCUT2D eigenvalue weighted by Gasteiger charge is -2.23. The highest BCUT2D eigenvalue weighted by molar-refractivity contribution is 7.80. The molecule has 1 aliphatic heterocycles. The second-order valence-corrected chi connectivity index (χ2v) is 7.17. The lowest BCUT2D eigenvalue weighted by molar-refractivity contribution is -0.906. The molecule has 0 saturated carbocycles. The summed E-state index contributed by atoms with van der Waals surface area (Å²) in [6.45, 7) is 10.6. The van der Waals surface area contributed by atoms with Crippen molar-refractivity contribution >= 4 is 35.1 Å². The number of benzene rings is 1. The van der Waals surface area contributed by atoms with Crippen LogP contribution in [0.25, 0.3) is 0 Å². The predicted molar refractivity (Wildman–Crippen MR) is 116 cm³/mol. The van der Waals surface area contributed by atoms with Crippen LogP contribution in [-0.2, 0) is 4.74 Å². The molecule has 0 atom stereocenters. The van der Waals surface area contributed by atoms with E-state index in [9.17, 15) is 0 Å². The minimum Gasteiger partial charge on any atom is -0.490 e. The zero-order valence-electron chi connectivity index (χ0n) is 16.6. The molecule has 0 spiro atoms. The zero-order chi connectivity index (χ0) is 20.2. The molecule has 1 saturated heterocycles. The normalized spacial score (nSPS) is 14.8. The van der Waals surface area contributed by atoms with E-state index in [-0.39, 0.29) is 0 Å². The Balaban J connectivity index is 1.83. The van der Waals surface area contributed by atoms with Crippen molar-refractivity contribution in [1.82, 2.24) is 10.7 Å². The van der Waals surface area contributed by atoms with E-state index in [1.165, 1.54) is 4.90 Å². The molecule has 0 amide bonds. The summed E-state index contributed by atoms with van der Waals surface area (Å²) >= 11 is 11.6. The Morgan fingerprint density at radius 2 is 2.11 bits per heavy atom. The molecule has 7 nitrogen and oxygen atoms in total. The van der Waals surface area contributed by atoms with Gasteiger partial charge in [-0.15, -0.1) is 0 Å². The SMILES string of the molecule is CCCOc1c(Cl)cc(/C=N\NC(=S)NCC[NH+]2CCOCC2)cc1OCC. The minimum absolute atomic E-state index is 0.489. The van der Waals surface area contributed by atoms with Gasteiger partial charge in [0.05, 0.1) is 50.8 Å². The maximum Gasteiger partial charge on any atom is 0.187 e. The van der Waals surface area contributed by atoms with E-state index in [1.54, 1.807) is 12.3 Å². The van der Waals surface area contributed by atoms with Gasteiger partial charge in [0, 0.05) is 0 Å². The van der Waals surface area contributed by atoms with Crippen LogP contribution in [0.5, 0.6) is 11.5 Å². The highest BCUT2D eigenvalue weighted by Gasteiger charge is 2.13. The molecule has 3 N–H and O–H groups in total. The Morgan fingerprint density at radius 1 is 1.32 bits per heavy atom. The number of morpholine rings is 1. The summed E-state index contributed by atoms with van der Waals surface area (Å²) in [7, 11) is 0. The van der Waals surface area contributed by atoms with E-state index in [2.05, 4.69) is 15.8 Å². The molecule has 0 aromatic heterocycles. The fourth-order valence-corrected chi connectivity index (χ4v) is 3.17. The number of quaternary nitrogens is 1. The van der Waals surface area contributed by atoms with Crippen molar-refractivity contribution in [2.24, 2.45) is 5.10 Å². The monoisotopic (exact) mass is 429 g/mol. The van der Waals surface area contributed by atoms with E-state index in [0.29, 0.717) is 34.8 Å². The van der Waals surface area contributed by atoms with Crippen molar-refractivity contribution in [3.8, 4) is 11.5 Å². The predicted octanol–water partition coefficient (Wildman–Crippen LogP) is 1.24. The summed E-state index contributed by atoms with van der Waals surface area (Å²) in [6, 6.07) is 3.64. The van der Waals surface area contributed by atoms with Crippen molar-refractivity contribution in [1.29, 1.82) is 0 Å². The van der Waals surface area contributed by atoms with Crippen LogP contribution in [-0.4, -0.2) is 63.9 Å². The summed E-state index contributed by atoms with van der Waals surface area (Å²) in [5.74, 6) is 1.18. The fourth-order valence-electron chi connectivity index (χ4n) is 2.74. The molecular weight excluding hydrogens is 400 g/mol. The third-order valence-corrected chi connectivity index (χ3v) is 4.64. The number of nitrogens with zero attached hydrogens (tertiary/aromatic N) is 1. The molecule has 9 heteroatoms. The first-order chi connectivity index (χ1) is 13.6. The number of ether oxygens (including phenoxy) is 3. The minimum atomic E-state index is 0.489. The number of hydrogen-bond acceptors (Lipinski definition) is 5. The van der Waals surface area contributed by atoms with E-state index < -0.39 is 0 Å². The molecule has 1 aromatic rings. The molecule has 1 aromatic carbocycles. The maximum atomic E-state index is 6.35. The van der Waals surface area contributed by atoms with Crippen LogP contribution in [0.15, 0.2) is 17.2 Å². The zero-order valence-corrected chi connectivity index (χ0v) is 18.1. The first-order valence-electron chi connectivity index (χ1n) is 9.71. The van der Waals surface area contributed by atoms with Gasteiger partial charge in [0.25, 0.3) is 0 Å². The quantitative estimate of drug-likeness (QED) is 0.295. The Bertz CT molecular complexity index is 654. The second kappa shape index (κ2) is 12.8. The Hall–Kier alpha value is -1.61. The molecule has 1 aliphatic rings. The topological polar surface area (TPSA) is 68.5 Å². The van der Waals surface area contributed by atoms with Gasteiger partial charge in [0.2, 0.25) is 0 Å². The molecule has 0 aliphatic carbocycles. The van der Waals surface area contributed by atoms with E-state index in [1.807, 2.05) is 19.9 Å². The van der Waals surface area contributed by atoms with Gasteiger partial charge < -0.3 is 24.4 Å². The molecule has 1 heterocycles. The smallest absolute Gasteiger partial charge is 0.187 e. The first kappa shape index (κ1) is 22.7. The molecule has 2 rings (SSSR count). The van der Waals surface area contributed by atoms with Gasteiger partial charge in [-0.05, 0) is 43.3 Å². The van der Waals surface area contributed by atoms with E-state index in [0.717, 1.165) is 51.4 Å². The number of thiocarbonyl (C=S) groups is 1. The van der Waals surface area contributed by atoms with Gasteiger partial charge in [-0.25, -0.2) is 0 Å². The molecule has 1 fully saturated rings. The summed E-state index contributed by atoms with van der Waals surface area (Å²) in [4.78, 5) is 1.52. The van der Waals surface area contributed by atoms with Crippen LogP contribution in [0.1, 0.15) is 25.8 Å². The highest BCUT2D eigenvalue weighted by Crippen LogP contribution is 2.36. The van der Waals surface area contributed by atoms with Crippen molar-refractivity contribution in [2.45, 2.75) is 20.3 Å². The van der Waals surface area contributed by atoms with E-state index in [4.69, 9.17) is 38.0 Å². The van der Waals surface area contributed by atoms with Gasteiger partial charge in [0.15, 0.2) is 16.6 Å². The summed E-state index contributed by atoms with van der Waals surface area (Å²) in [5, 5.41) is 8.33. The van der Waals surface area contributed by atoms with E-state index >= 15 is 0 Å². The van der Waals surface area contributed by atoms with Crippen molar-refractivity contribution in [3.05, 3.63) is 22.7 Å². The number of halogens is 1. The maximum absolute atomic E-state index is 6.35. The third-order valence-electron chi connectivity index (χ3n) is 4.13. The van der Waals surface area contributed by atoms with Gasteiger partial charge in [-0.1, -0.05) is 18.5 Å². The summed E-state index contributed by atoms with van der Waals surface area (Å²) in [6.07, 6.45) is 2.55. The van der Waals surface area contributed by atoms with Crippen molar-refractivity contribution in [3.63, 3.8) is 0 Å². The molecule has 0 unspecified atom stereocenters. The number of rotatable bonds is 10. The summed E-state index contributed by atoms with van der Waals surface area (Å²) < 4.78 is 16.7. The lowest BCUT2D eigenvalue weighted by atomic mass is 10.2. The Kier molecular flexibility index (Phi) is 10.3. The number of hydrazone groups is 1. The number of hydrogen-bond donors (Lipinski definition) is 3. The highest BCUT2D eigenvalue weighted by atomic mass is 35.5. The molecular formula is C19H30ClN4O3S+. The lowest BCUT2D eigenvalue weighted by Crippen LogP contribution is -3.14. The van der Waals surface area contributed by atoms with Gasteiger partial charge in [-0.3, -0.25) is 5.43 Å². The fraction of sp³-hybridized carbons (Fsp3) is 0.579. The first-order valence-corrected chi connectivity index (χ1v) is 10.5. The average Bonchev–Trinajstić information content (AvgIpc) is 2.68. The summed E-state index contributed by atoms with van der Waals surface area (Å²) in [5.41, 5.74) is 3.63. The van der Waals surface area contributed by atoms with Gasteiger partial charge in [0.1, 0.15) is 13.1 Å². The van der Waals surface area contributed by atoms with Crippen LogP contribution >= 0.6 is 23.8 Å². The third kappa shape index (κ3) is 7.79. The van der Waals surface area contributed by atoms with Crippen LogP contribution in [0, 0.1) is 0 Å². The van der Waals surface area contributed by atoms with Crippen LogP contribution < -0.4 is 25.1 Å². The number of nitrogens with one attached hydrogen (secondary N) is 3. The standard InChI is InChI=1S/C19H29ClN4O3S/c1-3-9-27-18-16(20)12-15(13-17(18)26-4-2)14-22-23-19(28)21-5-6-24-7-10-25-11-8-24/h12-14H,3-11H2,1-2H3,(H2,21,23,28)/p+1/b22-14-. The molecule has 28 heavy (non-hydrogen) atoms. The second-order valence-electron chi connectivity index (χ2n) is 6.35. The molecule has 0 bridgehead atoms. The average molecular weight is 430 g/mol. The van der Waals surface area contributed by atoms with Crippen LogP contribution in [0.2, 0.25) is 5.02 Å².